The predicted molar refractivity (Wildman–Crippen MR) is 298 cm³/mol. The van der Waals surface area contributed by atoms with Gasteiger partial charge in [-0.2, -0.15) is 0 Å². The third-order valence-electron chi connectivity index (χ3n) is 14.3. The SMILES string of the molecule is c1ccc(-c2nc(-c3ccc(-n4c5ccccc5c5cc6ccccc6cc54)c(-c4cc5ccccc5c5sc6ccccc6c45)c3)nc(-c3cccc4c5ccccc5n(-c5ccccc5)c34)n2)cc1. The molecule has 71 heavy (non-hydrogen) atoms. The van der Waals surface area contributed by atoms with Crippen molar-refractivity contribution in [3.8, 4) is 56.7 Å². The van der Waals surface area contributed by atoms with Crippen molar-refractivity contribution in [2.24, 2.45) is 0 Å². The lowest BCUT2D eigenvalue weighted by atomic mass is 9.93. The minimum Gasteiger partial charge on any atom is -0.309 e. The highest BCUT2D eigenvalue weighted by Crippen LogP contribution is 2.48. The smallest absolute Gasteiger partial charge is 0.166 e. The molecule has 330 valence electrons. The first-order valence-electron chi connectivity index (χ1n) is 24.0. The molecule has 0 unspecified atom stereocenters. The normalized spacial score (nSPS) is 11.9. The average molecular weight is 922 g/mol. The lowest BCUT2D eigenvalue weighted by Crippen LogP contribution is -2.03. The van der Waals surface area contributed by atoms with Crippen molar-refractivity contribution >= 4 is 96.7 Å². The van der Waals surface area contributed by atoms with E-state index in [9.17, 15) is 0 Å². The minimum atomic E-state index is 0.599. The van der Waals surface area contributed by atoms with Crippen LogP contribution in [-0.2, 0) is 0 Å². The molecule has 0 aliphatic carbocycles. The van der Waals surface area contributed by atoms with Crippen LogP contribution in [0.4, 0.5) is 0 Å². The van der Waals surface area contributed by atoms with E-state index >= 15 is 0 Å². The highest BCUT2D eigenvalue weighted by Gasteiger charge is 2.24. The highest BCUT2D eigenvalue weighted by molar-refractivity contribution is 7.26. The van der Waals surface area contributed by atoms with Gasteiger partial charge in [0, 0.05) is 69.7 Å². The van der Waals surface area contributed by atoms with Gasteiger partial charge in [0.1, 0.15) is 0 Å². The van der Waals surface area contributed by atoms with Crippen LogP contribution in [0.3, 0.4) is 0 Å². The summed E-state index contributed by atoms with van der Waals surface area (Å²) in [5.41, 5.74) is 11.6. The van der Waals surface area contributed by atoms with Crippen LogP contribution in [0.1, 0.15) is 0 Å². The van der Waals surface area contributed by atoms with Crippen LogP contribution >= 0.6 is 11.3 Å². The molecule has 0 aliphatic rings. The predicted octanol–water partition coefficient (Wildman–Crippen LogP) is 17.4. The summed E-state index contributed by atoms with van der Waals surface area (Å²) in [5.74, 6) is 1.82. The number of hydrogen-bond donors (Lipinski definition) is 0. The van der Waals surface area contributed by atoms with E-state index in [0.717, 1.165) is 66.6 Å². The van der Waals surface area contributed by atoms with E-state index in [4.69, 9.17) is 15.0 Å². The summed E-state index contributed by atoms with van der Waals surface area (Å²) in [5, 5.41) is 12.1. The maximum absolute atomic E-state index is 5.53. The Morgan fingerprint density at radius 2 is 0.915 bits per heavy atom. The van der Waals surface area contributed by atoms with Gasteiger partial charge < -0.3 is 9.13 Å². The fourth-order valence-corrected chi connectivity index (χ4v) is 12.4. The molecule has 6 heteroatoms. The van der Waals surface area contributed by atoms with Gasteiger partial charge in [-0.25, -0.2) is 15.0 Å². The summed E-state index contributed by atoms with van der Waals surface area (Å²) in [6.07, 6.45) is 0. The van der Waals surface area contributed by atoms with Crippen LogP contribution in [0.5, 0.6) is 0 Å². The zero-order chi connectivity index (χ0) is 46.6. The Labute approximate surface area is 411 Å². The number of hydrogen-bond acceptors (Lipinski definition) is 4. The molecule has 0 amide bonds. The molecule has 0 atom stereocenters. The number of thiophene rings is 1. The van der Waals surface area contributed by atoms with Gasteiger partial charge in [0.25, 0.3) is 0 Å². The molecule has 15 aromatic rings. The maximum Gasteiger partial charge on any atom is 0.166 e. The number of fused-ring (bicyclic) bond motifs is 12. The molecule has 0 N–H and O–H groups in total. The number of nitrogens with zero attached hydrogens (tertiary/aromatic N) is 5. The van der Waals surface area contributed by atoms with Gasteiger partial charge in [0.15, 0.2) is 17.5 Å². The molecule has 4 heterocycles. The van der Waals surface area contributed by atoms with E-state index < -0.39 is 0 Å². The van der Waals surface area contributed by atoms with E-state index in [1.54, 1.807) is 0 Å². The first-order valence-corrected chi connectivity index (χ1v) is 24.8. The lowest BCUT2D eigenvalue weighted by molar-refractivity contribution is 1.07. The van der Waals surface area contributed by atoms with Crippen molar-refractivity contribution in [2.75, 3.05) is 0 Å². The molecule has 0 bridgehead atoms. The van der Waals surface area contributed by atoms with Crippen LogP contribution < -0.4 is 0 Å². The number of rotatable bonds is 6. The fraction of sp³-hybridized carbons (Fsp3) is 0. The van der Waals surface area contributed by atoms with Gasteiger partial charge in [0.2, 0.25) is 0 Å². The molecule has 11 aromatic carbocycles. The molecule has 0 aliphatic heterocycles. The number of benzene rings is 11. The molecule has 4 aromatic heterocycles. The summed E-state index contributed by atoms with van der Waals surface area (Å²) in [6, 6.07) is 85.1. The van der Waals surface area contributed by atoms with Gasteiger partial charge in [-0.05, 0) is 99.9 Å². The largest absolute Gasteiger partial charge is 0.309 e. The number of aromatic nitrogens is 5. The quantitative estimate of drug-likeness (QED) is 0.167. The second kappa shape index (κ2) is 15.7. The molecular formula is C65H39N5S. The first kappa shape index (κ1) is 39.7. The summed E-state index contributed by atoms with van der Waals surface area (Å²) in [4.78, 5) is 16.3. The second-order valence-corrected chi connectivity index (χ2v) is 19.4. The second-order valence-electron chi connectivity index (χ2n) is 18.3. The van der Waals surface area contributed by atoms with Crippen molar-refractivity contribution in [3.05, 3.63) is 237 Å². The van der Waals surface area contributed by atoms with Crippen LogP contribution in [0.25, 0.3) is 142 Å². The van der Waals surface area contributed by atoms with Crippen molar-refractivity contribution in [2.45, 2.75) is 0 Å². The Hall–Kier alpha value is -9.23. The van der Waals surface area contributed by atoms with E-state index in [-0.39, 0.29) is 0 Å². The summed E-state index contributed by atoms with van der Waals surface area (Å²) >= 11 is 1.87. The van der Waals surface area contributed by atoms with Crippen molar-refractivity contribution in [3.63, 3.8) is 0 Å². The average Bonchev–Trinajstić information content (AvgIpc) is 4.11. The molecule has 0 saturated heterocycles. The topological polar surface area (TPSA) is 48.5 Å². The minimum absolute atomic E-state index is 0.599. The van der Waals surface area contributed by atoms with Crippen molar-refractivity contribution in [1.29, 1.82) is 0 Å². The summed E-state index contributed by atoms with van der Waals surface area (Å²) in [6.45, 7) is 0. The molecule has 15 rings (SSSR count). The third-order valence-corrected chi connectivity index (χ3v) is 15.5. The van der Waals surface area contributed by atoms with Crippen molar-refractivity contribution < 1.29 is 0 Å². The number of para-hydroxylation sites is 4. The molecule has 0 radical (unpaired) electrons. The molecular weight excluding hydrogens is 883 g/mol. The Bertz CT molecular complexity index is 4640. The van der Waals surface area contributed by atoms with Crippen LogP contribution in [0.2, 0.25) is 0 Å². The lowest BCUT2D eigenvalue weighted by Gasteiger charge is -2.18. The Balaban J connectivity index is 1.05. The Morgan fingerprint density at radius 1 is 0.324 bits per heavy atom. The standard InChI is InChI=1S/C65H39N5S/c1-3-18-40(19-4-1)63-66-64(68-65(67-63)51-30-17-29-49-47-26-11-14-31-55(47)69(61(49)51)45-23-5-2-6-24-45)44-34-35-57(70-56-32-15-12-27-48(56)52-36-41-20-7-8-21-42(41)39-58(52)70)53(38-44)54-37-43-22-9-10-25-46(43)62-60(54)50-28-13-16-33-59(50)71-62/h1-39H. The monoisotopic (exact) mass is 921 g/mol. The summed E-state index contributed by atoms with van der Waals surface area (Å²) < 4.78 is 7.37. The highest BCUT2D eigenvalue weighted by atomic mass is 32.1. The van der Waals surface area contributed by atoms with E-state index in [1.165, 1.54) is 57.9 Å². The van der Waals surface area contributed by atoms with Crippen LogP contribution in [0, 0.1) is 0 Å². The van der Waals surface area contributed by atoms with Gasteiger partial charge in [-0.15, -0.1) is 11.3 Å². The van der Waals surface area contributed by atoms with E-state index in [2.05, 4.69) is 228 Å². The first-order chi connectivity index (χ1) is 35.2. The maximum atomic E-state index is 5.53. The molecule has 0 saturated carbocycles. The molecule has 0 fully saturated rings. The Morgan fingerprint density at radius 3 is 1.70 bits per heavy atom. The Kier molecular flexibility index (Phi) is 8.76. The van der Waals surface area contributed by atoms with Crippen LogP contribution in [0.15, 0.2) is 237 Å². The van der Waals surface area contributed by atoms with Crippen molar-refractivity contribution in [1.82, 2.24) is 24.1 Å². The fourth-order valence-electron chi connectivity index (χ4n) is 11.2. The molecule has 0 spiro atoms. The van der Waals surface area contributed by atoms with Gasteiger partial charge in [-0.3, -0.25) is 0 Å². The van der Waals surface area contributed by atoms with Gasteiger partial charge >= 0.3 is 0 Å². The summed E-state index contributed by atoms with van der Waals surface area (Å²) in [7, 11) is 0. The van der Waals surface area contributed by atoms with Gasteiger partial charge in [0.05, 0.1) is 27.8 Å². The van der Waals surface area contributed by atoms with Crippen LogP contribution in [-0.4, -0.2) is 24.1 Å². The zero-order valence-electron chi connectivity index (χ0n) is 38.2. The molecule has 5 nitrogen and oxygen atoms in total. The van der Waals surface area contributed by atoms with Gasteiger partial charge in [-0.1, -0.05) is 164 Å². The van der Waals surface area contributed by atoms with E-state index in [0.29, 0.717) is 17.5 Å². The third kappa shape index (κ3) is 6.15. The van der Waals surface area contributed by atoms with E-state index in [1.807, 2.05) is 29.5 Å². The zero-order valence-corrected chi connectivity index (χ0v) is 39.0.